The van der Waals surface area contributed by atoms with Crippen LogP contribution in [0.2, 0.25) is 0 Å². The van der Waals surface area contributed by atoms with Gasteiger partial charge in [0.25, 0.3) is 0 Å². The fourth-order valence-electron chi connectivity index (χ4n) is 1.57. The molecule has 16 heavy (non-hydrogen) atoms. The van der Waals surface area contributed by atoms with Gasteiger partial charge in [-0.3, -0.25) is 4.79 Å². The van der Waals surface area contributed by atoms with Crippen molar-refractivity contribution in [1.29, 1.82) is 0 Å². The molecule has 0 amide bonds. The molecule has 0 unspecified atom stereocenters. The first-order chi connectivity index (χ1) is 7.20. The highest BCUT2D eigenvalue weighted by molar-refractivity contribution is 6.50. The Morgan fingerprint density at radius 3 is 1.81 bits per heavy atom. The highest BCUT2D eigenvalue weighted by atomic mass is 19.5. The van der Waals surface area contributed by atoms with Crippen molar-refractivity contribution >= 4 is 18.7 Å². The second kappa shape index (κ2) is 6.65. The first kappa shape index (κ1) is 15.1. The van der Waals surface area contributed by atoms with Crippen LogP contribution in [0.1, 0.15) is 33.1 Å². The maximum atomic E-state index is 10.8. The summed E-state index contributed by atoms with van der Waals surface area (Å²) in [6.07, 6.45) is 3.21. The molecule has 0 atom stereocenters. The summed E-state index contributed by atoms with van der Waals surface area (Å²) in [5.41, 5.74) is 1.25. The van der Waals surface area contributed by atoms with Gasteiger partial charge in [-0.1, -0.05) is 0 Å². The molecule has 0 aromatic rings. The predicted octanol–water partition coefficient (Wildman–Crippen LogP) is 2.53. The molecule has 0 radical (unpaired) electrons. The number of ketones is 1. The number of hydrogen-bond donors (Lipinski definition) is 0. The lowest BCUT2D eigenvalue weighted by Crippen LogP contribution is -2.17. The lowest BCUT2D eigenvalue weighted by Gasteiger charge is -1.96. The van der Waals surface area contributed by atoms with Crippen LogP contribution in [0.25, 0.3) is 0 Å². The van der Waals surface area contributed by atoms with E-state index in [0.717, 1.165) is 13.1 Å². The lowest BCUT2D eigenvalue weighted by atomic mass is 10.2. The Morgan fingerprint density at radius 1 is 1.12 bits per heavy atom. The Balaban J connectivity index is 0.000000385. The topological polar surface area (TPSA) is 20.1 Å². The zero-order valence-electron chi connectivity index (χ0n) is 9.48. The maximum Gasteiger partial charge on any atom is 0.673 e. The largest absolute Gasteiger partial charge is 0.673 e. The third kappa shape index (κ3) is 9.67. The molecule has 7 heteroatoms. The summed E-state index contributed by atoms with van der Waals surface area (Å²) < 4.78 is 41.3. The van der Waals surface area contributed by atoms with Crippen LogP contribution in [-0.4, -0.2) is 36.4 Å². The Bertz CT molecular complexity index is 261. The highest BCUT2D eigenvalue weighted by Gasteiger charge is 2.20. The van der Waals surface area contributed by atoms with Gasteiger partial charge in [0.05, 0.1) is 6.42 Å². The molecule has 1 rings (SSSR count). The van der Waals surface area contributed by atoms with Crippen LogP contribution >= 0.6 is 0 Å². The fourth-order valence-corrected chi connectivity index (χ4v) is 1.57. The van der Waals surface area contributed by atoms with Gasteiger partial charge in [0.15, 0.2) is 5.71 Å². The molecular weight excluding hydrogens is 225 g/mol. The van der Waals surface area contributed by atoms with Crippen LogP contribution in [0.15, 0.2) is 0 Å². The van der Waals surface area contributed by atoms with E-state index < -0.39 is 7.25 Å². The SMILES string of the molecule is CC(=O)CC(C)=[N+]1CCCC1.F[B-](F)(F)F. The van der Waals surface area contributed by atoms with Gasteiger partial charge in [-0.25, -0.2) is 4.58 Å². The molecular formula is C9H16BF4NO. The molecule has 0 aromatic heterocycles. The number of carbonyl (C=O) groups is 1. The van der Waals surface area contributed by atoms with Gasteiger partial charge < -0.3 is 17.3 Å². The van der Waals surface area contributed by atoms with Crippen LogP contribution in [0, 0.1) is 0 Å². The molecule has 1 saturated heterocycles. The van der Waals surface area contributed by atoms with E-state index in [4.69, 9.17) is 0 Å². The minimum absolute atomic E-state index is 0.273. The summed E-state index contributed by atoms with van der Waals surface area (Å²) in [6.45, 7) is 6.02. The summed E-state index contributed by atoms with van der Waals surface area (Å²) in [7, 11) is -6.00. The normalized spacial score (nSPS) is 15.5. The smallest absolute Gasteiger partial charge is 0.418 e. The number of Topliss-reactive ketones (excluding diaryl/α,β-unsaturated/α-hetero) is 1. The molecule has 1 aliphatic rings. The second-order valence-corrected chi connectivity index (χ2v) is 3.80. The van der Waals surface area contributed by atoms with Gasteiger partial charge in [0, 0.05) is 19.8 Å². The van der Waals surface area contributed by atoms with Crippen molar-refractivity contribution in [1.82, 2.24) is 0 Å². The minimum atomic E-state index is -6.00. The molecule has 0 saturated carbocycles. The van der Waals surface area contributed by atoms with Gasteiger partial charge in [0.2, 0.25) is 0 Å². The van der Waals surface area contributed by atoms with Crippen molar-refractivity contribution in [3.8, 4) is 0 Å². The van der Waals surface area contributed by atoms with E-state index in [0.29, 0.717) is 6.42 Å². The monoisotopic (exact) mass is 241 g/mol. The van der Waals surface area contributed by atoms with E-state index in [1.54, 1.807) is 6.92 Å². The number of hydrogen-bond acceptors (Lipinski definition) is 1. The molecule has 1 aliphatic heterocycles. The van der Waals surface area contributed by atoms with Gasteiger partial charge in [-0.15, -0.1) is 0 Å². The number of halogens is 4. The Hall–Kier alpha value is -0.875. The Kier molecular flexibility index (Phi) is 6.29. The third-order valence-electron chi connectivity index (χ3n) is 2.15. The first-order valence-corrected chi connectivity index (χ1v) is 5.14. The summed E-state index contributed by atoms with van der Waals surface area (Å²) in [5.74, 6) is 0.273. The quantitative estimate of drug-likeness (QED) is 0.413. The molecule has 0 aromatic carbocycles. The van der Waals surface area contributed by atoms with Crippen molar-refractivity contribution in [2.24, 2.45) is 0 Å². The average molecular weight is 241 g/mol. The van der Waals surface area contributed by atoms with Crippen LogP contribution in [0.4, 0.5) is 17.3 Å². The summed E-state index contributed by atoms with van der Waals surface area (Å²) >= 11 is 0. The Labute approximate surface area is 92.4 Å². The van der Waals surface area contributed by atoms with Crippen molar-refractivity contribution in [3.05, 3.63) is 0 Å². The third-order valence-corrected chi connectivity index (χ3v) is 2.15. The molecule has 2 nitrogen and oxygen atoms in total. The summed E-state index contributed by atoms with van der Waals surface area (Å²) in [6, 6.07) is 0. The van der Waals surface area contributed by atoms with E-state index >= 15 is 0 Å². The molecule has 0 aliphatic carbocycles. The summed E-state index contributed by atoms with van der Waals surface area (Å²) in [4.78, 5) is 10.8. The van der Waals surface area contributed by atoms with E-state index in [-0.39, 0.29) is 5.78 Å². The van der Waals surface area contributed by atoms with Gasteiger partial charge >= 0.3 is 7.25 Å². The van der Waals surface area contributed by atoms with Gasteiger partial charge in [-0.05, 0) is 6.92 Å². The zero-order chi connectivity index (χ0) is 12.8. The van der Waals surface area contributed by atoms with E-state index in [1.165, 1.54) is 18.6 Å². The predicted molar refractivity (Wildman–Crippen MR) is 55.4 cm³/mol. The number of rotatable bonds is 2. The van der Waals surface area contributed by atoms with Gasteiger partial charge in [0.1, 0.15) is 18.9 Å². The van der Waals surface area contributed by atoms with E-state index in [2.05, 4.69) is 11.5 Å². The van der Waals surface area contributed by atoms with Gasteiger partial charge in [-0.2, -0.15) is 0 Å². The highest BCUT2D eigenvalue weighted by Crippen LogP contribution is 2.06. The maximum absolute atomic E-state index is 10.8. The van der Waals surface area contributed by atoms with Crippen molar-refractivity contribution in [2.75, 3.05) is 13.1 Å². The molecule has 1 fully saturated rings. The number of nitrogens with zero attached hydrogens (tertiary/aromatic N) is 1. The molecule has 94 valence electrons. The van der Waals surface area contributed by atoms with Crippen LogP contribution in [0.5, 0.6) is 0 Å². The average Bonchev–Trinajstić information content (AvgIpc) is 2.49. The summed E-state index contributed by atoms with van der Waals surface area (Å²) in [5, 5.41) is 0. The molecule has 1 heterocycles. The zero-order valence-corrected chi connectivity index (χ0v) is 9.48. The van der Waals surface area contributed by atoms with Crippen molar-refractivity contribution < 1.29 is 26.6 Å². The van der Waals surface area contributed by atoms with Crippen LogP contribution < -0.4 is 0 Å². The molecule has 0 bridgehead atoms. The first-order valence-electron chi connectivity index (χ1n) is 5.14. The number of carbonyl (C=O) groups excluding carboxylic acids is 1. The Morgan fingerprint density at radius 2 is 1.50 bits per heavy atom. The standard InChI is InChI=1S/C9H16NO.BF4/c1-8(7-9(2)11)10-5-3-4-6-10;2-1(3,4)5/h3-7H2,1-2H3;/q+1;-1. The molecule has 0 spiro atoms. The lowest BCUT2D eigenvalue weighted by molar-refractivity contribution is -0.507. The molecule has 0 N–H and O–H groups in total. The van der Waals surface area contributed by atoms with Crippen molar-refractivity contribution in [2.45, 2.75) is 33.1 Å². The van der Waals surface area contributed by atoms with Crippen LogP contribution in [0.3, 0.4) is 0 Å². The minimum Gasteiger partial charge on any atom is -0.418 e. The second-order valence-electron chi connectivity index (χ2n) is 3.80. The van der Waals surface area contributed by atoms with E-state index in [9.17, 15) is 22.1 Å². The fraction of sp³-hybridized carbons (Fsp3) is 0.778. The van der Waals surface area contributed by atoms with E-state index in [1.807, 2.05) is 0 Å². The van der Waals surface area contributed by atoms with Crippen molar-refractivity contribution in [3.63, 3.8) is 0 Å². The van der Waals surface area contributed by atoms with Crippen LogP contribution in [-0.2, 0) is 4.79 Å².